The normalized spacial score (nSPS) is 12.2. The molecular weight excluding hydrogens is 256 g/mol. The number of nitrogens with zero attached hydrogens (tertiary/aromatic N) is 1. The number of amides is 2. The van der Waals surface area contributed by atoms with E-state index in [1.807, 2.05) is 5.43 Å². The molecule has 0 rings (SSSR count). The zero-order chi connectivity index (χ0) is 14.7. The minimum Gasteiger partial charge on any atom is -0.430 e. The first kappa shape index (κ1) is 16.6. The van der Waals surface area contributed by atoms with E-state index < -0.39 is 18.2 Å². The van der Waals surface area contributed by atoms with Crippen LogP contribution in [0, 0.1) is 0 Å². The van der Waals surface area contributed by atoms with Gasteiger partial charge in [0, 0.05) is 6.42 Å². The number of rotatable bonds is 7. The summed E-state index contributed by atoms with van der Waals surface area (Å²) >= 11 is 0. The van der Waals surface area contributed by atoms with E-state index in [2.05, 4.69) is 16.4 Å². The highest BCUT2D eigenvalue weighted by Crippen LogP contribution is 1.99. The summed E-state index contributed by atoms with van der Waals surface area (Å²) in [5.41, 5.74) is 12.1. The number of hydrazone groups is 1. The third-order valence-electron chi connectivity index (χ3n) is 1.68. The topological polar surface area (TPSA) is 146 Å². The molecule has 0 radical (unpaired) electrons. The molecule has 106 valence electrons. The van der Waals surface area contributed by atoms with E-state index in [0.717, 1.165) is 0 Å². The Morgan fingerprint density at radius 1 is 1.47 bits per heavy atom. The lowest BCUT2D eigenvalue weighted by Crippen LogP contribution is -2.28. The molecule has 0 aromatic heterocycles. The molecule has 1 atom stereocenters. The summed E-state index contributed by atoms with van der Waals surface area (Å²) in [5.74, 6) is -0.176. The predicted molar refractivity (Wildman–Crippen MR) is 66.1 cm³/mol. The summed E-state index contributed by atoms with van der Waals surface area (Å²) in [6.45, 7) is 3.31. The first-order valence-corrected chi connectivity index (χ1v) is 5.28. The van der Waals surface area contributed by atoms with Crippen LogP contribution in [0.25, 0.3) is 0 Å². The Morgan fingerprint density at radius 2 is 2.16 bits per heavy atom. The highest BCUT2D eigenvalue weighted by molar-refractivity contribution is 5.87. The highest BCUT2D eigenvalue weighted by atomic mass is 16.7. The van der Waals surface area contributed by atoms with Crippen LogP contribution in [0.5, 0.6) is 0 Å². The van der Waals surface area contributed by atoms with E-state index in [-0.39, 0.29) is 25.3 Å². The molecule has 0 aromatic carbocycles. The summed E-state index contributed by atoms with van der Waals surface area (Å²) in [7, 11) is 0. The Hall–Kier alpha value is -2.42. The van der Waals surface area contributed by atoms with Gasteiger partial charge in [-0.1, -0.05) is 12.7 Å². The van der Waals surface area contributed by atoms with Crippen LogP contribution in [0.1, 0.15) is 12.8 Å². The predicted octanol–water partition coefficient (Wildman–Crippen LogP) is -0.386. The lowest BCUT2D eigenvalue weighted by Gasteiger charge is -2.08. The van der Waals surface area contributed by atoms with Gasteiger partial charge in [0.1, 0.15) is 12.9 Å². The molecule has 0 aliphatic rings. The maximum absolute atomic E-state index is 11.2. The average molecular weight is 272 g/mol. The van der Waals surface area contributed by atoms with Gasteiger partial charge < -0.3 is 25.7 Å². The smallest absolute Gasteiger partial charge is 0.430 e. The van der Waals surface area contributed by atoms with Crippen molar-refractivity contribution in [3.63, 3.8) is 0 Å². The molecule has 0 aromatic rings. The van der Waals surface area contributed by atoms with E-state index in [4.69, 9.17) is 16.2 Å². The molecule has 0 heterocycles. The van der Waals surface area contributed by atoms with Gasteiger partial charge in [-0.2, -0.15) is 0 Å². The SMILES string of the molecule is C=CCOC(=O)OC(CCC(N)C=O)=NNC(N)=O. The Balaban J connectivity index is 4.44. The van der Waals surface area contributed by atoms with Gasteiger partial charge in [-0.3, -0.25) is 0 Å². The number of nitrogens with two attached hydrogens (primary N) is 2. The van der Waals surface area contributed by atoms with E-state index in [9.17, 15) is 14.4 Å². The molecule has 9 heteroatoms. The summed E-state index contributed by atoms with van der Waals surface area (Å²) in [5, 5.41) is 3.45. The number of carbonyl (C=O) groups excluding carboxylic acids is 3. The van der Waals surface area contributed by atoms with Gasteiger partial charge >= 0.3 is 12.2 Å². The zero-order valence-electron chi connectivity index (χ0n) is 10.2. The van der Waals surface area contributed by atoms with Gasteiger partial charge in [0.05, 0.1) is 6.04 Å². The van der Waals surface area contributed by atoms with Gasteiger partial charge in [0.2, 0.25) is 5.90 Å². The number of carbonyl (C=O) groups is 3. The van der Waals surface area contributed by atoms with Crippen molar-refractivity contribution >= 4 is 24.4 Å². The van der Waals surface area contributed by atoms with Crippen LogP contribution >= 0.6 is 0 Å². The number of nitrogens with one attached hydrogen (secondary N) is 1. The number of hydrogen-bond acceptors (Lipinski definition) is 7. The van der Waals surface area contributed by atoms with Gasteiger partial charge in [0.15, 0.2) is 0 Å². The fourth-order valence-corrected chi connectivity index (χ4v) is 0.858. The molecule has 0 aliphatic carbocycles. The lowest BCUT2D eigenvalue weighted by molar-refractivity contribution is -0.109. The average Bonchev–Trinajstić information content (AvgIpc) is 2.38. The van der Waals surface area contributed by atoms with Crippen molar-refractivity contribution in [2.45, 2.75) is 18.9 Å². The number of ether oxygens (including phenoxy) is 2. The first-order chi connectivity index (χ1) is 8.99. The summed E-state index contributed by atoms with van der Waals surface area (Å²) in [6.07, 6.45) is 1.09. The summed E-state index contributed by atoms with van der Waals surface area (Å²) in [6, 6.07) is -1.66. The van der Waals surface area contributed by atoms with Crippen molar-refractivity contribution < 1.29 is 23.9 Å². The van der Waals surface area contributed by atoms with Crippen LogP contribution < -0.4 is 16.9 Å². The molecule has 19 heavy (non-hydrogen) atoms. The van der Waals surface area contributed by atoms with Gasteiger partial charge in [0.25, 0.3) is 0 Å². The lowest BCUT2D eigenvalue weighted by atomic mass is 10.2. The van der Waals surface area contributed by atoms with E-state index in [1.165, 1.54) is 6.08 Å². The second-order valence-electron chi connectivity index (χ2n) is 3.27. The second-order valence-corrected chi connectivity index (χ2v) is 3.27. The standard InChI is InChI=1S/C10H16N4O5/c1-2-5-18-10(17)19-8(13-14-9(12)16)4-3-7(11)6-15/h2,6-7H,1,3-5,11H2,(H3,12,14,16). The van der Waals surface area contributed by atoms with Crippen molar-refractivity contribution in [2.75, 3.05) is 6.61 Å². The van der Waals surface area contributed by atoms with Crippen LogP contribution in [0.2, 0.25) is 0 Å². The number of urea groups is 1. The molecule has 0 aliphatic heterocycles. The van der Waals surface area contributed by atoms with Gasteiger partial charge in [-0.15, -0.1) is 5.10 Å². The molecule has 0 spiro atoms. The summed E-state index contributed by atoms with van der Waals surface area (Å²) in [4.78, 5) is 32.0. The molecule has 0 saturated carbocycles. The van der Waals surface area contributed by atoms with Crippen LogP contribution in [0.4, 0.5) is 9.59 Å². The van der Waals surface area contributed by atoms with Crippen molar-refractivity contribution in [1.29, 1.82) is 0 Å². The molecule has 0 bridgehead atoms. The number of primary amides is 1. The molecule has 0 fully saturated rings. The van der Waals surface area contributed by atoms with E-state index in [0.29, 0.717) is 6.29 Å². The fourth-order valence-electron chi connectivity index (χ4n) is 0.858. The Morgan fingerprint density at radius 3 is 2.68 bits per heavy atom. The zero-order valence-corrected chi connectivity index (χ0v) is 10.2. The van der Waals surface area contributed by atoms with Gasteiger partial charge in [-0.25, -0.2) is 15.0 Å². The van der Waals surface area contributed by atoms with Crippen molar-refractivity contribution in [1.82, 2.24) is 5.43 Å². The van der Waals surface area contributed by atoms with Gasteiger partial charge in [-0.05, 0) is 6.42 Å². The Bertz CT molecular complexity index is 369. The largest absolute Gasteiger partial charge is 0.515 e. The minimum atomic E-state index is -1.02. The fraction of sp³-hybridized carbons (Fsp3) is 0.400. The number of hydrogen-bond donors (Lipinski definition) is 3. The van der Waals surface area contributed by atoms with Crippen molar-refractivity contribution in [3.05, 3.63) is 12.7 Å². The molecular formula is C10H16N4O5. The van der Waals surface area contributed by atoms with Crippen LogP contribution in [-0.2, 0) is 14.3 Å². The van der Waals surface area contributed by atoms with Crippen LogP contribution in [0.15, 0.2) is 17.8 Å². The molecule has 9 nitrogen and oxygen atoms in total. The van der Waals surface area contributed by atoms with Crippen LogP contribution in [0.3, 0.4) is 0 Å². The van der Waals surface area contributed by atoms with Crippen molar-refractivity contribution in [3.8, 4) is 0 Å². The quantitative estimate of drug-likeness (QED) is 0.144. The maximum Gasteiger partial charge on any atom is 0.515 e. The second kappa shape index (κ2) is 9.59. The molecule has 0 saturated heterocycles. The molecule has 5 N–H and O–H groups in total. The molecule has 1 unspecified atom stereocenters. The number of aldehydes is 1. The Kier molecular flexibility index (Phi) is 8.37. The monoisotopic (exact) mass is 272 g/mol. The third kappa shape index (κ3) is 9.30. The van der Waals surface area contributed by atoms with E-state index >= 15 is 0 Å². The minimum absolute atomic E-state index is 0.0385. The molecule has 2 amide bonds. The van der Waals surface area contributed by atoms with Crippen LogP contribution in [-0.4, -0.2) is 37.0 Å². The highest BCUT2D eigenvalue weighted by Gasteiger charge is 2.12. The Labute approximate surface area is 109 Å². The van der Waals surface area contributed by atoms with E-state index in [1.54, 1.807) is 0 Å². The maximum atomic E-state index is 11.2. The third-order valence-corrected chi connectivity index (χ3v) is 1.68. The first-order valence-electron chi connectivity index (χ1n) is 5.28. The van der Waals surface area contributed by atoms with Crippen molar-refractivity contribution in [2.24, 2.45) is 16.6 Å². The summed E-state index contributed by atoms with van der Waals surface area (Å²) < 4.78 is 9.25.